The number of carbonyl (C=O) groups excluding carboxylic acids is 1. The first-order valence-corrected chi connectivity index (χ1v) is 3.85. The maximum atomic E-state index is 10.2. The van der Waals surface area contributed by atoms with Gasteiger partial charge >= 0.3 is 0 Å². The zero-order chi connectivity index (χ0) is 9.10. The Hall–Kier alpha value is -1.90. The topological polar surface area (TPSA) is 39.2 Å². The Morgan fingerprint density at radius 3 is 3.08 bits per heavy atom. The van der Waals surface area contributed by atoms with Gasteiger partial charge in [-0.1, -0.05) is 12.1 Å². The molecule has 0 bridgehead atoms. The van der Waals surface area contributed by atoms with E-state index in [9.17, 15) is 4.79 Å². The molecular weight excluding hydrogens is 166 g/mol. The lowest BCUT2D eigenvalue weighted by Gasteiger charge is -2.01. The van der Waals surface area contributed by atoms with Gasteiger partial charge in [0, 0.05) is 17.8 Å². The Bertz CT molecular complexity index is 434. The van der Waals surface area contributed by atoms with E-state index in [0.29, 0.717) is 12.2 Å². The summed E-state index contributed by atoms with van der Waals surface area (Å²) in [6.07, 6.45) is 3.38. The van der Waals surface area contributed by atoms with Gasteiger partial charge in [-0.15, -0.1) is 0 Å². The molecule has 0 saturated carbocycles. The molecule has 1 heterocycles. The van der Waals surface area contributed by atoms with E-state index in [-0.39, 0.29) is 0 Å². The first kappa shape index (κ1) is 7.73. The summed E-state index contributed by atoms with van der Waals surface area (Å²) in [5.41, 5.74) is 0. The van der Waals surface area contributed by atoms with Gasteiger partial charge in [0.05, 0.1) is 0 Å². The Balaban J connectivity index is 2.68. The smallest absolute Gasteiger partial charge is 0.298 e. The fourth-order valence-electron chi connectivity index (χ4n) is 1.24. The quantitative estimate of drug-likeness (QED) is 0.649. The van der Waals surface area contributed by atoms with Crippen molar-refractivity contribution in [3.05, 3.63) is 36.7 Å². The van der Waals surface area contributed by atoms with Gasteiger partial charge in [-0.3, -0.25) is 9.78 Å². The summed E-state index contributed by atoms with van der Waals surface area (Å²) in [7, 11) is 0. The molecular formula is C10H7NO2. The predicted octanol–water partition coefficient (Wildman–Crippen LogP) is 1.77. The third-order valence-corrected chi connectivity index (χ3v) is 1.82. The fourth-order valence-corrected chi connectivity index (χ4v) is 1.24. The van der Waals surface area contributed by atoms with Crippen molar-refractivity contribution in [3.63, 3.8) is 0 Å². The standard InChI is InChI=1S/C10H7NO2/c12-7-13-10-3-1-2-8-4-5-11-6-9(8)10/h1-7H. The Morgan fingerprint density at radius 2 is 2.23 bits per heavy atom. The zero-order valence-corrected chi connectivity index (χ0v) is 6.81. The fraction of sp³-hybridized carbons (Fsp3) is 0. The summed E-state index contributed by atoms with van der Waals surface area (Å²) < 4.78 is 4.80. The molecule has 0 aliphatic carbocycles. The van der Waals surface area contributed by atoms with Crippen LogP contribution in [-0.2, 0) is 4.79 Å². The molecule has 2 aromatic rings. The average Bonchev–Trinajstić information content (AvgIpc) is 2.19. The molecule has 0 aliphatic heterocycles. The average molecular weight is 173 g/mol. The predicted molar refractivity (Wildman–Crippen MR) is 48.4 cm³/mol. The van der Waals surface area contributed by atoms with E-state index in [2.05, 4.69) is 4.98 Å². The molecule has 64 valence electrons. The lowest BCUT2D eigenvalue weighted by atomic mass is 10.2. The first-order valence-electron chi connectivity index (χ1n) is 3.85. The second kappa shape index (κ2) is 3.23. The van der Waals surface area contributed by atoms with E-state index in [1.807, 2.05) is 18.2 Å². The van der Waals surface area contributed by atoms with Crippen LogP contribution in [0.4, 0.5) is 0 Å². The van der Waals surface area contributed by atoms with E-state index in [0.717, 1.165) is 10.8 Å². The van der Waals surface area contributed by atoms with E-state index in [4.69, 9.17) is 4.74 Å². The van der Waals surface area contributed by atoms with Gasteiger partial charge in [0.2, 0.25) is 0 Å². The second-order valence-corrected chi connectivity index (χ2v) is 2.57. The van der Waals surface area contributed by atoms with E-state index >= 15 is 0 Å². The lowest BCUT2D eigenvalue weighted by Crippen LogP contribution is -1.89. The van der Waals surface area contributed by atoms with Crippen LogP contribution in [0.3, 0.4) is 0 Å². The molecule has 0 saturated heterocycles. The van der Waals surface area contributed by atoms with Gasteiger partial charge in [-0.05, 0) is 17.5 Å². The van der Waals surface area contributed by atoms with E-state index in [1.165, 1.54) is 0 Å². The SMILES string of the molecule is O=COc1cccc2ccncc12. The number of benzene rings is 1. The Kier molecular flexibility index (Phi) is 1.92. The van der Waals surface area contributed by atoms with Gasteiger partial charge in [-0.25, -0.2) is 0 Å². The van der Waals surface area contributed by atoms with Crippen molar-refractivity contribution < 1.29 is 9.53 Å². The third-order valence-electron chi connectivity index (χ3n) is 1.82. The third kappa shape index (κ3) is 1.36. The lowest BCUT2D eigenvalue weighted by molar-refractivity contribution is -0.120. The molecule has 0 N–H and O–H groups in total. The number of hydrogen-bond acceptors (Lipinski definition) is 3. The van der Waals surface area contributed by atoms with E-state index < -0.39 is 0 Å². The summed E-state index contributed by atoms with van der Waals surface area (Å²) in [4.78, 5) is 14.1. The minimum absolute atomic E-state index is 0.418. The number of nitrogens with zero attached hydrogens (tertiary/aromatic N) is 1. The van der Waals surface area contributed by atoms with Crippen LogP contribution in [0.25, 0.3) is 10.8 Å². The molecule has 0 aliphatic rings. The molecule has 13 heavy (non-hydrogen) atoms. The highest BCUT2D eigenvalue weighted by atomic mass is 16.5. The van der Waals surface area contributed by atoms with Crippen molar-refractivity contribution in [3.8, 4) is 5.75 Å². The van der Waals surface area contributed by atoms with Crippen molar-refractivity contribution >= 4 is 17.2 Å². The number of fused-ring (bicyclic) bond motifs is 1. The number of pyridine rings is 1. The molecule has 0 amide bonds. The molecule has 0 radical (unpaired) electrons. The molecule has 0 fully saturated rings. The molecule has 3 nitrogen and oxygen atoms in total. The first-order chi connectivity index (χ1) is 6.42. The molecule has 0 spiro atoms. The number of ether oxygens (including phenoxy) is 1. The number of carbonyl (C=O) groups is 1. The van der Waals surface area contributed by atoms with Crippen molar-refractivity contribution in [2.75, 3.05) is 0 Å². The highest BCUT2D eigenvalue weighted by Crippen LogP contribution is 2.23. The largest absolute Gasteiger partial charge is 0.428 e. The Labute approximate surface area is 75.0 Å². The zero-order valence-electron chi connectivity index (χ0n) is 6.81. The Morgan fingerprint density at radius 1 is 1.31 bits per heavy atom. The van der Waals surface area contributed by atoms with E-state index in [1.54, 1.807) is 18.5 Å². The minimum Gasteiger partial charge on any atom is -0.428 e. The van der Waals surface area contributed by atoms with Crippen LogP contribution in [0.5, 0.6) is 5.75 Å². The maximum Gasteiger partial charge on any atom is 0.298 e. The van der Waals surface area contributed by atoms with Crippen molar-refractivity contribution in [2.45, 2.75) is 0 Å². The summed E-state index contributed by atoms with van der Waals surface area (Å²) in [6.45, 7) is 0.418. The number of hydrogen-bond donors (Lipinski definition) is 0. The normalized spacial score (nSPS) is 9.85. The maximum absolute atomic E-state index is 10.2. The van der Waals surface area contributed by atoms with Crippen LogP contribution in [0, 0.1) is 0 Å². The van der Waals surface area contributed by atoms with Gasteiger partial charge in [-0.2, -0.15) is 0 Å². The van der Waals surface area contributed by atoms with Crippen LogP contribution < -0.4 is 4.74 Å². The summed E-state index contributed by atoms with van der Waals surface area (Å²) in [5, 5.41) is 1.85. The van der Waals surface area contributed by atoms with Crippen molar-refractivity contribution in [1.82, 2.24) is 4.98 Å². The second-order valence-electron chi connectivity index (χ2n) is 2.57. The molecule has 0 unspecified atom stereocenters. The molecule has 1 aromatic carbocycles. The van der Waals surface area contributed by atoms with Crippen LogP contribution in [0.1, 0.15) is 0 Å². The summed E-state index contributed by atoms with van der Waals surface area (Å²) in [5.74, 6) is 0.542. The molecule has 2 rings (SSSR count). The van der Waals surface area contributed by atoms with Gasteiger partial charge in [0.25, 0.3) is 6.47 Å². The van der Waals surface area contributed by atoms with Crippen LogP contribution in [0.2, 0.25) is 0 Å². The highest BCUT2D eigenvalue weighted by molar-refractivity contribution is 5.88. The van der Waals surface area contributed by atoms with Crippen molar-refractivity contribution in [2.24, 2.45) is 0 Å². The monoisotopic (exact) mass is 173 g/mol. The minimum atomic E-state index is 0.418. The number of aromatic nitrogens is 1. The van der Waals surface area contributed by atoms with Gasteiger partial charge in [0.1, 0.15) is 5.75 Å². The molecule has 1 aromatic heterocycles. The summed E-state index contributed by atoms with van der Waals surface area (Å²) in [6, 6.07) is 7.38. The molecule has 3 heteroatoms. The van der Waals surface area contributed by atoms with Crippen LogP contribution >= 0.6 is 0 Å². The molecule has 0 atom stereocenters. The summed E-state index contributed by atoms with van der Waals surface area (Å²) >= 11 is 0. The van der Waals surface area contributed by atoms with Gasteiger partial charge in [0.15, 0.2) is 0 Å². The number of rotatable bonds is 2. The van der Waals surface area contributed by atoms with Crippen molar-refractivity contribution in [1.29, 1.82) is 0 Å². The van der Waals surface area contributed by atoms with Gasteiger partial charge < -0.3 is 4.74 Å². The van der Waals surface area contributed by atoms with Crippen LogP contribution in [0.15, 0.2) is 36.7 Å². The van der Waals surface area contributed by atoms with Crippen LogP contribution in [-0.4, -0.2) is 11.5 Å². The highest BCUT2D eigenvalue weighted by Gasteiger charge is 1.99.